The number of hydrogen-bond donors (Lipinski definition) is 0. The number of rotatable bonds is 7. The van der Waals surface area contributed by atoms with Crippen LogP contribution in [0, 0.1) is 0 Å². The minimum atomic E-state index is -0.230. The number of benzene rings is 3. The predicted molar refractivity (Wildman–Crippen MR) is 109 cm³/mol. The van der Waals surface area contributed by atoms with Crippen molar-refractivity contribution in [3.8, 4) is 11.1 Å². The highest BCUT2D eigenvalue weighted by Gasteiger charge is 2.22. The lowest BCUT2D eigenvalue weighted by Crippen LogP contribution is -2.12. The van der Waals surface area contributed by atoms with Crippen molar-refractivity contribution in [1.82, 2.24) is 0 Å². The molecule has 0 bridgehead atoms. The first-order valence-electron chi connectivity index (χ1n) is 9.44. The molecule has 0 saturated carbocycles. The van der Waals surface area contributed by atoms with Gasteiger partial charge in [-0.25, -0.2) is 0 Å². The van der Waals surface area contributed by atoms with E-state index in [0.29, 0.717) is 0 Å². The molecule has 0 aromatic heterocycles. The maximum atomic E-state index is 12.6. The number of Topliss-reactive ketones (excluding diaryl/α,β-unsaturated/α-hetero) is 1. The zero-order valence-electron chi connectivity index (χ0n) is 15.6. The highest BCUT2D eigenvalue weighted by Crippen LogP contribution is 2.34. The summed E-state index contributed by atoms with van der Waals surface area (Å²) in [4.78, 5) is 12.6. The Morgan fingerprint density at radius 1 is 0.846 bits per heavy atom. The highest BCUT2D eigenvalue weighted by atomic mass is 16.1. The summed E-state index contributed by atoms with van der Waals surface area (Å²) in [6.45, 7) is 3.90. The Bertz CT molecular complexity index is 847. The van der Waals surface area contributed by atoms with E-state index in [1.54, 1.807) is 6.92 Å². The average Bonchev–Trinajstić information content (AvgIpc) is 2.68. The minimum absolute atomic E-state index is 0.176. The molecule has 0 aliphatic heterocycles. The SMILES string of the molecule is CCCCc1ccc(C(C(C)=O)c2ccccc2-c2ccccc2)cc1. The molecular weight excluding hydrogens is 316 g/mol. The molecule has 3 rings (SSSR count). The molecule has 1 nitrogen and oxygen atoms in total. The van der Waals surface area contributed by atoms with E-state index >= 15 is 0 Å². The fraction of sp³-hybridized carbons (Fsp3) is 0.240. The van der Waals surface area contributed by atoms with Gasteiger partial charge in [-0.15, -0.1) is 0 Å². The molecule has 0 spiro atoms. The topological polar surface area (TPSA) is 17.1 Å². The van der Waals surface area contributed by atoms with E-state index in [9.17, 15) is 4.79 Å². The molecule has 0 heterocycles. The van der Waals surface area contributed by atoms with Gasteiger partial charge in [-0.2, -0.15) is 0 Å². The van der Waals surface area contributed by atoms with Gasteiger partial charge in [-0.1, -0.05) is 92.2 Å². The Labute approximate surface area is 156 Å². The first-order valence-corrected chi connectivity index (χ1v) is 9.44. The Kier molecular flexibility index (Phi) is 6.01. The van der Waals surface area contributed by atoms with Crippen LogP contribution in [0.2, 0.25) is 0 Å². The van der Waals surface area contributed by atoms with Crippen LogP contribution in [-0.4, -0.2) is 5.78 Å². The Morgan fingerprint density at radius 2 is 1.50 bits per heavy atom. The van der Waals surface area contributed by atoms with Crippen LogP contribution in [0.4, 0.5) is 0 Å². The highest BCUT2D eigenvalue weighted by molar-refractivity contribution is 5.89. The van der Waals surface area contributed by atoms with Crippen molar-refractivity contribution < 1.29 is 4.79 Å². The lowest BCUT2D eigenvalue weighted by atomic mass is 9.83. The maximum absolute atomic E-state index is 12.6. The zero-order valence-corrected chi connectivity index (χ0v) is 15.6. The van der Waals surface area contributed by atoms with Crippen molar-refractivity contribution in [3.05, 3.63) is 95.6 Å². The first-order chi connectivity index (χ1) is 12.7. The largest absolute Gasteiger partial charge is 0.299 e. The van der Waals surface area contributed by atoms with E-state index in [-0.39, 0.29) is 11.7 Å². The molecule has 0 saturated heterocycles. The summed E-state index contributed by atoms with van der Waals surface area (Å²) in [7, 11) is 0. The van der Waals surface area contributed by atoms with Crippen molar-refractivity contribution >= 4 is 5.78 Å². The molecule has 0 amide bonds. The van der Waals surface area contributed by atoms with Gasteiger partial charge in [0.25, 0.3) is 0 Å². The van der Waals surface area contributed by atoms with E-state index in [1.165, 1.54) is 18.4 Å². The summed E-state index contributed by atoms with van der Waals surface area (Å²) < 4.78 is 0. The van der Waals surface area contributed by atoms with E-state index in [0.717, 1.165) is 28.7 Å². The summed E-state index contributed by atoms with van der Waals surface area (Å²) in [5.74, 6) is -0.0543. The average molecular weight is 342 g/mol. The quantitative estimate of drug-likeness (QED) is 0.484. The van der Waals surface area contributed by atoms with Crippen molar-refractivity contribution in [3.63, 3.8) is 0 Å². The van der Waals surface area contributed by atoms with Crippen molar-refractivity contribution in [2.24, 2.45) is 0 Å². The third-order valence-electron chi connectivity index (χ3n) is 4.90. The van der Waals surface area contributed by atoms with Gasteiger partial charge in [-0.3, -0.25) is 4.79 Å². The van der Waals surface area contributed by atoms with Crippen molar-refractivity contribution in [1.29, 1.82) is 0 Å². The fourth-order valence-electron chi connectivity index (χ4n) is 3.52. The van der Waals surface area contributed by atoms with Gasteiger partial charge >= 0.3 is 0 Å². The van der Waals surface area contributed by atoms with Crippen LogP contribution in [0.15, 0.2) is 78.9 Å². The second kappa shape index (κ2) is 8.62. The van der Waals surface area contributed by atoms with Gasteiger partial charge in [0, 0.05) is 0 Å². The number of hydrogen-bond acceptors (Lipinski definition) is 1. The normalized spacial score (nSPS) is 11.9. The molecule has 1 atom stereocenters. The van der Waals surface area contributed by atoms with Crippen LogP contribution >= 0.6 is 0 Å². The van der Waals surface area contributed by atoms with Crippen LogP contribution in [-0.2, 0) is 11.2 Å². The molecular formula is C25H26O. The standard InChI is InChI=1S/C25H26O/c1-3-4-10-20-15-17-22(18-16-20)25(19(2)26)24-14-9-8-13-23(24)21-11-6-5-7-12-21/h5-9,11-18,25H,3-4,10H2,1-2H3. The predicted octanol–water partition coefficient (Wildman–Crippen LogP) is 6.42. The van der Waals surface area contributed by atoms with Crippen LogP contribution in [0.25, 0.3) is 11.1 Å². The second-order valence-corrected chi connectivity index (χ2v) is 6.84. The second-order valence-electron chi connectivity index (χ2n) is 6.84. The van der Waals surface area contributed by atoms with Crippen LogP contribution in [0.3, 0.4) is 0 Å². The molecule has 1 unspecified atom stereocenters. The number of carbonyl (C=O) groups excluding carboxylic acids is 1. The number of unbranched alkanes of at least 4 members (excludes halogenated alkanes) is 1. The third-order valence-corrected chi connectivity index (χ3v) is 4.90. The van der Waals surface area contributed by atoms with E-state index in [4.69, 9.17) is 0 Å². The van der Waals surface area contributed by atoms with Crippen molar-refractivity contribution in [2.45, 2.75) is 39.0 Å². The molecule has 0 radical (unpaired) electrons. The smallest absolute Gasteiger partial charge is 0.141 e. The molecule has 0 fully saturated rings. The molecule has 3 aromatic carbocycles. The van der Waals surface area contributed by atoms with Gasteiger partial charge in [0.05, 0.1) is 5.92 Å². The summed E-state index contributed by atoms with van der Waals surface area (Å²) >= 11 is 0. The molecule has 26 heavy (non-hydrogen) atoms. The van der Waals surface area contributed by atoms with Gasteiger partial charge < -0.3 is 0 Å². The minimum Gasteiger partial charge on any atom is -0.299 e. The Balaban J connectivity index is 2.01. The van der Waals surface area contributed by atoms with Crippen LogP contribution in [0.5, 0.6) is 0 Å². The van der Waals surface area contributed by atoms with Gasteiger partial charge in [0.1, 0.15) is 5.78 Å². The Morgan fingerprint density at radius 3 is 2.15 bits per heavy atom. The summed E-state index contributed by atoms with van der Waals surface area (Å²) in [6, 6.07) is 27.1. The molecule has 3 aromatic rings. The zero-order chi connectivity index (χ0) is 18.4. The molecule has 0 aliphatic carbocycles. The van der Waals surface area contributed by atoms with Crippen LogP contribution < -0.4 is 0 Å². The van der Waals surface area contributed by atoms with Gasteiger partial charge in [0.2, 0.25) is 0 Å². The summed E-state index contributed by atoms with van der Waals surface area (Å²) in [5.41, 5.74) is 5.76. The monoisotopic (exact) mass is 342 g/mol. The van der Waals surface area contributed by atoms with Gasteiger partial charge in [0.15, 0.2) is 0 Å². The van der Waals surface area contributed by atoms with E-state index in [2.05, 4.69) is 55.5 Å². The summed E-state index contributed by atoms with van der Waals surface area (Å²) in [6.07, 6.45) is 3.50. The molecule has 0 N–H and O–H groups in total. The number of carbonyl (C=O) groups is 1. The van der Waals surface area contributed by atoms with Crippen LogP contribution in [0.1, 0.15) is 49.3 Å². The fourth-order valence-corrected chi connectivity index (χ4v) is 3.52. The molecule has 1 heteroatoms. The summed E-state index contributed by atoms with van der Waals surface area (Å²) in [5, 5.41) is 0. The Hall–Kier alpha value is -2.67. The van der Waals surface area contributed by atoms with Crippen molar-refractivity contribution in [2.75, 3.05) is 0 Å². The van der Waals surface area contributed by atoms with E-state index in [1.807, 2.05) is 30.3 Å². The lowest BCUT2D eigenvalue weighted by Gasteiger charge is -2.19. The van der Waals surface area contributed by atoms with Gasteiger partial charge in [-0.05, 0) is 47.6 Å². The maximum Gasteiger partial charge on any atom is 0.141 e. The number of ketones is 1. The first kappa shape index (κ1) is 18.1. The lowest BCUT2D eigenvalue weighted by molar-refractivity contribution is -0.117. The third kappa shape index (κ3) is 4.11. The molecule has 0 aliphatic rings. The number of aryl methyl sites for hydroxylation is 1. The van der Waals surface area contributed by atoms with E-state index < -0.39 is 0 Å². The molecule has 132 valence electrons.